The van der Waals surface area contributed by atoms with E-state index in [-0.39, 0.29) is 11.4 Å². The molecule has 35 heavy (non-hydrogen) atoms. The third-order valence-corrected chi connectivity index (χ3v) is 5.42. The molecule has 0 heterocycles. The molecule has 4 heteroatoms. The van der Waals surface area contributed by atoms with Crippen molar-refractivity contribution in [3.63, 3.8) is 0 Å². The van der Waals surface area contributed by atoms with Gasteiger partial charge in [-0.25, -0.2) is 0 Å². The second-order valence-electron chi connectivity index (χ2n) is 9.01. The molecule has 0 spiro atoms. The summed E-state index contributed by atoms with van der Waals surface area (Å²) in [6, 6.07) is 30.3. The molecule has 0 bridgehead atoms. The molecule has 0 aliphatic rings. The first-order valence-corrected chi connectivity index (χ1v) is 11.8. The molecular weight excluding hydrogens is 436 g/mol. The van der Waals surface area contributed by atoms with Crippen LogP contribution >= 0.6 is 0 Å². The molecule has 0 unspecified atom stereocenters. The van der Waals surface area contributed by atoms with Gasteiger partial charge >= 0.3 is 0 Å². The van der Waals surface area contributed by atoms with Crippen LogP contribution in [-0.2, 0) is 0 Å². The third kappa shape index (κ3) is 8.74. The fourth-order valence-corrected chi connectivity index (χ4v) is 2.97. The van der Waals surface area contributed by atoms with Gasteiger partial charge in [0, 0.05) is 0 Å². The van der Waals surface area contributed by atoms with Crippen molar-refractivity contribution in [1.29, 1.82) is 0 Å². The van der Waals surface area contributed by atoms with E-state index in [4.69, 9.17) is 19.3 Å². The Hall–Kier alpha value is -3.92. The van der Waals surface area contributed by atoms with Crippen LogP contribution in [0.4, 0.5) is 0 Å². The van der Waals surface area contributed by atoms with Crippen LogP contribution in [-0.4, -0.2) is 10.7 Å². The van der Waals surface area contributed by atoms with Crippen molar-refractivity contribution in [2.45, 2.75) is 46.6 Å². The van der Waals surface area contributed by atoms with E-state index in [1.54, 1.807) is 24.3 Å². The van der Waals surface area contributed by atoms with E-state index >= 15 is 0 Å². The average Bonchev–Trinajstić information content (AvgIpc) is 2.85. The van der Waals surface area contributed by atoms with E-state index in [1.807, 2.05) is 79.7 Å². The van der Waals surface area contributed by atoms with Crippen molar-refractivity contribution in [1.82, 2.24) is 0 Å². The Kier molecular flexibility index (Phi) is 8.80. The minimum atomic E-state index is -0.140. The van der Waals surface area contributed by atoms with E-state index in [9.17, 15) is 0 Å². The Balaban J connectivity index is 0.000000203. The maximum absolute atomic E-state index is 9.10. The van der Waals surface area contributed by atoms with Gasteiger partial charge in [0.25, 0.3) is 0 Å². The Morgan fingerprint density at radius 2 is 0.857 bits per heavy atom. The molecule has 0 aliphatic carbocycles. The fourth-order valence-electron chi connectivity index (χ4n) is 2.97. The van der Waals surface area contributed by atoms with Crippen molar-refractivity contribution in [3.8, 4) is 34.5 Å². The molecule has 0 saturated carbocycles. The summed E-state index contributed by atoms with van der Waals surface area (Å²) in [4.78, 5) is 0. The summed E-state index contributed by atoms with van der Waals surface area (Å²) in [7, 11) is 0. The van der Waals surface area contributed by atoms with Crippen molar-refractivity contribution < 1.29 is 19.3 Å². The molecule has 1 N–H and O–H groups in total. The number of hydrogen-bond donors (Lipinski definition) is 1. The van der Waals surface area contributed by atoms with E-state index in [0.717, 1.165) is 35.2 Å². The largest absolute Gasteiger partial charge is 0.508 e. The molecule has 4 aromatic rings. The highest BCUT2D eigenvalue weighted by Gasteiger charge is 2.16. The summed E-state index contributed by atoms with van der Waals surface area (Å²) in [6.07, 6.45) is 0.967. The van der Waals surface area contributed by atoms with Crippen molar-refractivity contribution >= 4 is 0 Å². The molecule has 0 amide bonds. The molecule has 0 radical (unpaired) electrons. The topological polar surface area (TPSA) is 47.9 Å². The maximum Gasteiger partial charge on any atom is 0.127 e. The van der Waals surface area contributed by atoms with Crippen LogP contribution in [0.2, 0.25) is 0 Å². The van der Waals surface area contributed by atoms with Crippen LogP contribution < -0.4 is 14.2 Å². The van der Waals surface area contributed by atoms with Crippen LogP contribution in [0.15, 0.2) is 97.1 Å². The maximum atomic E-state index is 9.10. The Labute approximate surface area is 208 Å². The van der Waals surface area contributed by atoms with Gasteiger partial charge in [0.2, 0.25) is 0 Å². The zero-order valence-electron chi connectivity index (χ0n) is 21.1. The second-order valence-corrected chi connectivity index (χ2v) is 9.01. The van der Waals surface area contributed by atoms with Crippen molar-refractivity contribution in [2.75, 3.05) is 0 Å². The molecule has 182 valence electrons. The summed E-state index contributed by atoms with van der Waals surface area (Å²) < 4.78 is 17.3. The monoisotopic (exact) mass is 470 g/mol. The summed E-state index contributed by atoms with van der Waals surface area (Å²) >= 11 is 0. The number of aromatic hydroxyl groups is 1. The number of benzene rings is 4. The smallest absolute Gasteiger partial charge is 0.127 e. The SMILES string of the molecule is CCC(C)(C)Oc1ccc(Oc2ccc(C)cc2)cc1.Cc1ccc(Oc2ccc(O)cc2)cc1. The summed E-state index contributed by atoms with van der Waals surface area (Å²) in [5, 5.41) is 9.10. The van der Waals surface area contributed by atoms with E-state index in [2.05, 4.69) is 27.7 Å². The first-order valence-electron chi connectivity index (χ1n) is 11.8. The minimum Gasteiger partial charge on any atom is -0.508 e. The number of aryl methyl sites for hydroxylation is 2. The Bertz CT molecular complexity index is 1120. The van der Waals surface area contributed by atoms with E-state index < -0.39 is 0 Å². The van der Waals surface area contributed by atoms with Crippen molar-refractivity contribution in [3.05, 3.63) is 108 Å². The number of rotatable bonds is 7. The van der Waals surface area contributed by atoms with Gasteiger partial charge < -0.3 is 19.3 Å². The van der Waals surface area contributed by atoms with Gasteiger partial charge in [-0.3, -0.25) is 0 Å². The molecule has 0 fully saturated rings. The van der Waals surface area contributed by atoms with E-state index in [0.29, 0.717) is 0 Å². The van der Waals surface area contributed by atoms with E-state index in [1.165, 1.54) is 11.1 Å². The normalized spacial score (nSPS) is 10.7. The molecule has 4 nitrogen and oxygen atoms in total. The van der Waals surface area contributed by atoms with Crippen LogP contribution in [0.1, 0.15) is 38.3 Å². The molecule has 0 atom stereocenters. The first-order chi connectivity index (χ1) is 16.7. The quantitative estimate of drug-likeness (QED) is 0.293. The summed E-state index contributed by atoms with van der Waals surface area (Å²) in [5.74, 6) is 4.29. The molecule has 4 aromatic carbocycles. The lowest BCUT2D eigenvalue weighted by molar-refractivity contribution is 0.105. The summed E-state index contributed by atoms with van der Waals surface area (Å²) in [5.41, 5.74) is 2.29. The lowest BCUT2D eigenvalue weighted by atomic mass is 10.1. The third-order valence-electron chi connectivity index (χ3n) is 5.42. The van der Waals surface area contributed by atoms with Gasteiger partial charge in [0.1, 0.15) is 40.1 Å². The highest BCUT2D eigenvalue weighted by molar-refractivity contribution is 5.37. The highest BCUT2D eigenvalue weighted by atomic mass is 16.5. The number of hydrogen-bond acceptors (Lipinski definition) is 4. The second kappa shape index (κ2) is 12.0. The molecule has 0 saturated heterocycles. The highest BCUT2D eigenvalue weighted by Crippen LogP contribution is 2.27. The van der Waals surface area contributed by atoms with Gasteiger partial charge in [-0.05, 0) is 107 Å². The van der Waals surface area contributed by atoms with Gasteiger partial charge in [-0.15, -0.1) is 0 Å². The van der Waals surface area contributed by atoms with Crippen LogP contribution in [0.3, 0.4) is 0 Å². The number of ether oxygens (including phenoxy) is 3. The van der Waals surface area contributed by atoms with Gasteiger partial charge in [0.15, 0.2) is 0 Å². The van der Waals surface area contributed by atoms with Crippen LogP contribution in [0, 0.1) is 13.8 Å². The Morgan fingerprint density at radius 3 is 1.23 bits per heavy atom. The number of phenols is 1. The fraction of sp³-hybridized carbons (Fsp3) is 0.226. The lowest BCUT2D eigenvalue weighted by Gasteiger charge is -2.24. The van der Waals surface area contributed by atoms with Crippen molar-refractivity contribution in [2.24, 2.45) is 0 Å². The Morgan fingerprint density at radius 1 is 0.543 bits per heavy atom. The lowest BCUT2D eigenvalue weighted by Crippen LogP contribution is -2.26. The predicted molar refractivity (Wildman–Crippen MR) is 142 cm³/mol. The minimum absolute atomic E-state index is 0.140. The molecule has 4 rings (SSSR count). The molecule has 0 aromatic heterocycles. The zero-order chi connectivity index (χ0) is 25.3. The first kappa shape index (κ1) is 25.7. The summed E-state index contributed by atoms with van der Waals surface area (Å²) in [6.45, 7) is 10.4. The predicted octanol–water partition coefficient (Wildman–Crippen LogP) is 8.85. The standard InChI is InChI=1S/C18H22O2.C13H12O2/c1-5-18(3,4)20-17-12-10-16(11-13-17)19-15-8-6-14(2)7-9-15;1-10-2-6-12(7-3-10)15-13-8-4-11(14)5-9-13/h6-13H,5H2,1-4H3;2-9,14H,1H3. The zero-order valence-corrected chi connectivity index (χ0v) is 21.1. The van der Waals surface area contributed by atoms with Crippen LogP contribution in [0.25, 0.3) is 0 Å². The number of phenolic OH excluding ortho intramolecular Hbond substituents is 1. The van der Waals surface area contributed by atoms with Crippen LogP contribution in [0.5, 0.6) is 34.5 Å². The van der Waals surface area contributed by atoms with Gasteiger partial charge in [-0.2, -0.15) is 0 Å². The van der Waals surface area contributed by atoms with Gasteiger partial charge in [-0.1, -0.05) is 42.3 Å². The molecule has 0 aliphatic heterocycles. The average molecular weight is 471 g/mol. The van der Waals surface area contributed by atoms with Gasteiger partial charge in [0.05, 0.1) is 0 Å². The molecular formula is C31H34O4.